The van der Waals surface area contributed by atoms with E-state index in [4.69, 9.17) is 5.73 Å². The van der Waals surface area contributed by atoms with Gasteiger partial charge in [-0.1, -0.05) is 6.92 Å². The number of nitrogens with one attached hydrogen (secondary N) is 1. The molecule has 4 nitrogen and oxygen atoms in total. The van der Waals surface area contributed by atoms with Crippen LogP contribution in [0, 0.1) is 5.92 Å². The molecule has 0 bridgehead atoms. The van der Waals surface area contributed by atoms with Gasteiger partial charge < -0.3 is 11.1 Å². The quantitative estimate of drug-likeness (QED) is 0.891. The Labute approximate surface area is 125 Å². The van der Waals surface area contributed by atoms with Gasteiger partial charge in [-0.15, -0.1) is 23.7 Å². The molecule has 1 unspecified atom stereocenters. The molecule has 20 heavy (non-hydrogen) atoms. The molecule has 116 valence electrons. The zero-order chi connectivity index (χ0) is 14.8. The van der Waals surface area contributed by atoms with Crippen molar-refractivity contribution >= 4 is 29.7 Å². The molecule has 0 radical (unpaired) electrons. The van der Waals surface area contributed by atoms with Crippen LogP contribution >= 0.6 is 23.7 Å². The average molecular weight is 332 g/mol. The molecular weight excluding hydrogens is 315 g/mol. The molecule has 1 aromatic heterocycles. The summed E-state index contributed by atoms with van der Waals surface area (Å²) in [6.45, 7) is 5.03. The molecule has 1 heterocycles. The Kier molecular flexibility index (Phi) is 6.44. The van der Waals surface area contributed by atoms with E-state index in [-0.39, 0.29) is 29.9 Å². The molecule has 9 heteroatoms. The Hall–Kier alpha value is -0.860. The first-order chi connectivity index (χ1) is 8.58. The van der Waals surface area contributed by atoms with Gasteiger partial charge in [-0.2, -0.15) is 13.2 Å². The molecule has 0 saturated heterocycles. The predicted octanol–water partition coefficient (Wildman–Crippen LogP) is 2.53. The van der Waals surface area contributed by atoms with Crippen molar-refractivity contribution in [1.82, 2.24) is 10.3 Å². The van der Waals surface area contributed by atoms with Gasteiger partial charge in [0.25, 0.3) is 0 Å². The van der Waals surface area contributed by atoms with Gasteiger partial charge >= 0.3 is 6.18 Å². The third kappa shape index (κ3) is 4.60. The molecule has 0 aliphatic carbocycles. The minimum absolute atomic E-state index is 0. The summed E-state index contributed by atoms with van der Waals surface area (Å²) in [7, 11) is 0. The van der Waals surface area contributed by atoms with Crippen molar-refractivity contribution in [1.29, 1.82) is 0 Å². The first-order valence-electron chi connectivity index (χ1n) is 5.63. The maximum absolute atomic E-state index is 12.5. The largest absolute Gasteiger partial charge is 0.434 e. The van der Waals surface area contributed by atoms with Gasteiger partial charge in [-0.05, 0) is 13.8 Å². The number of carbonyl (C=O) groups excluding carboxylic acids is 1. The van der Waals surface area contributed by atoms with Crippen molar-refractivity contribution < 1.29 is 18.0 Å². The van der Waals surface area contributed by atoms with Gasteiger partial charge in [0.1, 0.15) is 5.01 Å². The monoisotopic (exact) mass is 331 g/mol. The van der Waals surface area contributed by atoms with E-state index >= 15 is 0 Å². The Bertz CT molecular complexity index is 462. The van der Waals surface area contributed by atoms with E-state index in [2.05, 4.69) is 10.3 Å². The fourth-order valence-corrected chi connectivity index (χ4v) is 2.19. The van der Waals surface area contributed by atoms with E-state index in [0.717, 1.165) is 16.7 Å². The smallest absolute Gasteiger partial charge is 0.344 e. The van der Waals surface area contributed by atoms with Crippen LogP contribution in [0.15, 0.2) is 5.38 Å². The maximum atomic E-state index is 12.5. The first-order valence-corrected chi connectivity index (χ1v) is 6.51. The minimum atomic E-state index is -4.47. The number of hydrogen-bond acceptors (Lipinski definition) is 4. The number of carbonyl (C=O) groups is 1. The van der Waals surface area contributed by atoms with Gasteiger partial charge in [0, 0.05) is 17.8 Å². The zero-order valence-electron chi connectivity index (χ0n) is 11.2. The number of thiazole rings is 1. The zero-order valence-corrected chi connectivity index (χ0v) is 12.9. The molecular formula is C11H17ClF3N3OS. The number of nitrogens with two attached hydrogens (primary N) is 1. The highest BCUT2D eigenvalue weighted by atomic mass is 35.5. The molecule has 0 saturated carbocycles. The molecule has 1 rings (SSSR count). The lowest BCUT2D eigenvalue weighted by Crippen LogP contribution is -2.44. The predicted molar refractivity (Wildman–Crippen MR) is 73.8 cm³/mol. The third-order valence-electron chi connectivity index (χ3n) is 2.57. The van der Waals surface area contributed by atoms with Crippen LogP contribution in [-0.2, 0) is 16.5 Å². The van der Waals surface area contributed by atoms with Crippen LogP contribution in [0.25, 0.3) is 0 Å². The number of rotatable bonds is 4. The van der Waals surface area contributed by atoms with E-state index in [0.29, 0.717) is 0 Å². The second-order valence-corrected chi connectivity index (χ2v) is 5.64. The van der Waals surface area contributed by atoms with E-state index in [1.807, 2.05) is 0 Å². The Morgan fingerprint density at radius 1 is 1.50 bits per heavy atom. The lowest BCUT2D eigenvalue weighted by Gasteiger charge is -2.25. The molecule has 1 aromatic rings. The first kappa shape index (κ1) is 19.1. The van der Waals surface area contributed by atoms with Crippen molar-refractivity contribution in [2.24, 2.45) is 11.7 Å². The second-order valence-electron chi connectivity index (χ2n) is 4.79. The van der Waals surface area contributed by atoms with Gasteiger partial charge in [-0.3, -0.25) is 4.79 Å². The lowest BCUT2D eigenvalue weighted by molar-refractivity contribution is -0.140. The van der Waals surface area contributed by atoms with Crippen molar-refractivity contribution in [2.45, 2.75) is 32.5 Å². The van der Waals surface area contributed by atoms with E-state index in [1.165, 1.54) is 0 Å². The normalized spacial score (nSPS) is 13.6. The van der Waals surface area contributed by atoms with Crippen LogP contribution in [0.4, 0.5) is 13.2 Å². The summed E-state index contributed by atoms with van der Waals surface area (Å²) in [5.74, 6) is -0.711. The lowest BCUT2D eigenvalue weighted by atomic mass is 10.0. The molecule has 0 spiro atoms. The Balaban J connectivity index is 0.00000361. The number of alkyl halides is 3. The fourth-order valence-electron chi connectivity index (χ4n) is 1.28. The highest BCUT2D eigenvalue weighted by Crippen LogP contribution is 2.33. The molecule has 0 aliphatic rings. The van der Waals surface area contributed by atoms with Crippen molar-refractivity contribution in [3.05, 3.63) is 16.1 Å². The number of nitrogens with zero attached hydrogens (tertiary/aromatic N) is 1. The molecule has 3 N–H and O–H groups in total. The topological polar surface area (TPSA) is 68.0 Å². The molecule has 1 amide bonds. The summed E-state index contributed by atoms with van der Waals surface area (Å²) >= 11 is 0.868. The summed E-state index contributed by atoms with van der Waals surface area (Å²) in [4.78, 5) is 15.3. The van der Waals surface area contributed by atoms with Crippen molar-refractivity contribution in [3.8, 4) is 0 Å². The molecule has 0 aromatic carbocycles. The molecule has 1 atom stereocenters. The van der Waals surface area contributed by atoms with Gasteiger partial charge in [0.15, 0.2) is 5.69 Å². The van der Waals surface area contributed by atoms with E-state index in [1.54, 1.807) is 20.8 Å². The van der Waals surface area contributed by atoms with Crippen LogP contribution in [0.1, 0.15) is 31.5 Å². The van der Waals surface area contributed by atoms with Crippen LogP contribution in [0.2, 0.25) is 0 Å². The van der Waals surface area contributed by atoms with Gasteiger partial charge in [0.2, 0.25) is 5.91 Å². The minimum Gasteiger partial charge on any atom is -0.344 e. The number of halogens is 4. The van der Waals surface area contributed by atoms with Gasteiger partial charge in [0.05, 0.1) is 5.54 Å². The van der Waals surface area contributed by atoms with Crippen LogP contribution in [0.5, 0.6) is 0 Å². The highest BCUT2D eigenvalue weighted by molar-refractivity contribution is 7.09. The van der Waals surface area contributed by atoms with Crippen LogP contribution in [-0.4, -0.2) is 17.4 Å². The standard InChI is InChI=1S/C11H16F3N3OS.ClH/c1-6(4-15)8(18)17-10(2,3)9-16-7(5-19-9)11(12,13)14;/h5-6H,4,15H2,1-3H3,(H,17,18);1H. The summed E-state index contributed by atoms with van der Waals surface area (Å²) in [6, 6.07) is 0. The Morgan fingerprint density at radius 3 is 2.45 bits per heavy atom. The van der Waals surface area contributed by atoms with E-state index in [9.17, 15) is 18.0 Å². The third-order valence-corrected chi connectivity index (χ3v) is 3.73. The van der Waals surface area contributed by atoms with Crippen LogP contribution in [0.3, 0.4) is 0 Å². The van der Waals surface area contributed by atoms with E-state index < -0.39 is 23.3 Å². The summed E-state index contributed by atoms with van der Waals surface area (Å²) in [6.07, 6.45) is -4.47. The number of aromatic nitrogens is 1. The fraction of sp³-hybridized carbons (Fsp3) is 0.636. The molecule has 0 fully saturated rings. The average Bonchev–Trinajstić information content (AvgIpc) is 2.76. The van der Waals surface area contributed by atoms with Crippen molar-refractivity contribution in [3.63, 3.8) is 0 Å². The summed E-state index contributed by atoms with van der Waals surface area (Å²) < 4.78 is 37.4. The summed E-state index contributed by atoms with van der Waals surface area (Å²) in [5, 5.41) is 3.80. The SMILES string of the molecule is CC(CN)C(=O)NC(C)(C)c1nc(C(F)(F)F)cs1.Cl. The number of hydrogen-bond donors (Lipinski definition) is 2. The second kappa shape index (κ2) is 6.73. The number of amides is 1. The van der Waals surface area contributed by atoms with Gasteiger partial charge in [-0.25, -0.2) is 4.98 Å². The van der Waals surface area contributed by atoms with Crippen LogP contribution < -0.4 is 11.1 Å². The Morgan fingerprint density at radius 2 is 2.05 bits per heavy atom. The summed E-state index contributed by atoms with van der Waals surface area (Å²) in [5.41, 5.74) is 3.46. The highest BCUT2D eigenvalue weighted by Gasteiger charge is 2.36. The maximum Gasteiger partial charge on any atom is 0.434 e. The molecule has 0 aliphatic heterocycles. The van der Waals surface area contributed by atoms with Crippen molar-refractivity contribution in [2.75, 3.05) is 6.54 Å².